The van der Waals surface area contributed by atoms with Gasteiger partial charge in [-0.3, -0.25) is 13.6 Å². The van der Waals surface area contributed by atoms with Crippen LogP contribution in [0, 0.1) is 0 Å². The first-order chi connectivity index (χ1) is 15.9. The lowest BCUT2D eigenvalue weighted by Crippen LogP contribution is -2.33. The molecule has 5 atom stereocenters. The number of aliphatic hydroxyl groups is 2. The number of hydrogen-bond acceptors (Lipinski definition) is 10. The number of aromatic nitrogens is 3. The van der Waals surface area contributed by atoms with Crippen LogP contribution in [0.2, 0.25) is 5.28 Å². The Morgan fingerprint density at radius 3 is 2.53 bits per heavy atom. The highest BCUT2D eigenvalue weighted by Crippen LogP contribution is 2.49. The van der Waals surface area contributed by atoms with Gasteiger partial charge in [0.15, 0.2) is 12.6 Å². The van der Waals surface area contributed by atoms with Crippen molar-refractivity contribution in [2.75, 3.05) is 18.3 Å². The number of aliphatic hydroxyl groups excluding tert-OH is 2. The highest BCUT2D eigenvalue weighted by molar-refractivity contribution is 7.53. The largest absolute Gasteiger partial charge is 0.472 e. The number of phosphoric acid groups is 1. The van der Waals surface area contributed by atoms with Crippen LogP contribution in [0.5, 0.6) is 0 Å². The molecule has 1 saturated carbocycles. The van der Waals surface area contributed by atoms with Crippen molar-refractivity contribution in [2.24, 2.45) is 0 Å². The van der Waals surface area contributed by atoms with Gasteiger partial charge in [0, 0.05) is 12.2 Å². The molecule has 3 heterocycles. The predicted octanol–water partition coefficient (Wildman–Crippen LogP) is 1.33. The van der Waals surface area contributed by atoms with Gasteiger partial charge in [-0.2, -0.15) is 4.98 Å². The average Bonchev–Trinajstić information content (AvgIpc) is 3.46. The van der Waals surface area contributed by atoms with Crippen LogP contribution in [-0.2, 0) is 22.9 Å². The molecule has 6 N–H and O–H groups in total. The fraction of sp³-hybridized carbons (Fsp3) is 0.647. The van der Waals surface area contributed by atoms with E-state index in [1.807, 2.05) is 0 Å². The summed E-state index contributed by atoms with van der Waals surface area (Å²) in [6.45, 7) is -0.701. The second-order valence-electron chi connectivity index (χ2n) is 8.16. The molecule has 0 radical (unpaired) electrons. The van der Waals surface area contributed by atoms with Crippen molar-refractivity contribution in [3.05, 3.63) is 17.5 Å². The Hall–Kier alpha value is -1.15. The van der Waals surface area contributed by atoms with Crippen molar-refractivity contribution in [2.45, 2.75) is 56.3 Å². The lowest BCUT2D eigenvalue weighted by Gasteiger charge is -2.18. The summed E-state index contributed by atoms with van der Waals surface area (Å²) in [4.78, 5) is 35.6. The van der Waals surface area contributed by atoms with Crippen molar-refractivity contribution in [3.63, 3.8) is 0 Å². The molecule has 2 unspecified atom stereocenters. The standard InChI is InChI=1S/C17H25ClN4O10P2/c18-17-20-14(19-9-3-1-2-4-9)10-5-6-22(15(10)21-17)16-13(24)12(23)11(32-16)7-30-34(28,29)31-8-33(25,26)27/h5-6,9,11-13,16,23-24H,1-4,7-8H2,(H,28,29)(H,19,20,21)(H2,25,26,27)/t11?,12-,13-,16-/m1/s1. The first-order valence-electron chi connectivity index (χ1n) is 10.4. The molecule has 2 fully saturated rings. The molecule has 4 rings (SSSR count). The van der Waals surface area contributed by atoms with E-state index < -0.39 is 52.9 Å². The van der Waals surface area contributed by atoms with E-state index in [1.54, 1.807) is 12.3 Å². The molecular weight excluding hydrogens is 518 g/mol. The summed E-state index contributed by atoms with van der Waals surface area (Å²) < 4.78 is 38.7. The topological polar surface area (TPSA) is 206 Å². The lowest BCUT2D eigenvalue weighted by molar-refractivity contribution is -0.0509. The number of ether oxygens (including phenoxy) is 1. The molecule has 190 valence electrons. The molecule has 2 aromatic rings. The summed E-state index contributed by atoms with van der Waals surface area (Å²) in [5.74, 6) is 0.539. The Morgan fingerprint density at radius 2 is 1.85 bits per heavy atom. The zero-order valence-electron chi connectivity index (χ0n) is 17.7. The fourth-order valence-electron chi connectivity index (χ4n) is 4.04. The van der Waals surface area contributed by atoms with Gasteiger partial charge < -0.3 is 39.5 Å². The van der Waals surface area contributed by atoms with Gasteiger partial charge >= 0.3 is 15.4 Å². The van der Waals surface area contributed by atoms with Gasteiger partial charge in [0.25, 0.3) is 0 Å². The fourth-order valence-corrected chi connectivity index (χ4v) is 5.80. The summed E-state index contributed by atoms with van der Waals surface area (Å²) in [5.41, 5.74) is 0.344. The number of rotatable bonds is 9. The van der Waals surface area contributed by atoms with Gasteiger partial charge in [-0.1, -0.05) is 12.8 Å². The van der Waals surface area contributed by atoms with Crippen molar-refractivity contribution in [1.82, 2.24) is 14.5 Å². The number of nitrogens with zero attached hydrogens (tertiary/aromatic N) is 3. The van der Waals surface area contributed by atoms with E-state index in [9.17, 15) is 24.2 Å². The van der Waals surface area contributed by atoms with Crippen LogP contribution in [0.4, 0.5) is 5.82 Å². The number of anilines is 1. The molecule has 0 spiro atoms. The first kappa shape index (κ1) is 25.9. The van der Waals surface area contributed by atoms with Crippen LogP contribution < -0.4 is 5.32 Å². The maximum Gasteiger partial charge on any atom is 0.472 e. The smallest absolute Gasteiger partial charge is 0.387 e. The quantitative estimate of drug-likeness (QED) is 0.195. The van der Waals surface area contributed by atoms with Crippen LogP contribution in [0.15, 0.2) is 12.3 Å². The minimum absolute atomic E-state index is 0.0238. The molecule has 34 heavy (non-hydrogen) atoms. The predicted molar refractivity (Wildman–Crippen MR) is 118 cm³/mol. The third kappa shape index (κ3) is 5.97. The maximum absolute atomic E-state index is 11.8. The molecular formula is C17H25ClN4O10P2. The highest BCUT2D eigenvalue weighted by atomic mass is 35.5. The summed E-state index contributed by atoms with van der Waals surface area (Å²) >= 11 is 6.12. The zero-order valence-corrected chi connectivity index (χ0v) is 20.2. The van der Waals surface area contributed by atoms with E-state index in [1.165, 1.54) is 4.57 Å². The van der Waals surface area contributed by atoms with Gasteiger partial charge in [-0.15, -0.1) is 0 Å². The first-order valence-corrected chi connectivity index (χ1v) is 14.1. The number of phosphoric ester groups is 1. The summed E-state index contributed by atoms with van der Waals surface area (Å²) in [6, 6.07) is 1.98. The number of halogens is 1. The molecule has 17 heteroatoms. The number of fused-ring (bicyclic) bond motifs is 1. The molecule has 1 aliphatic carbocycles. The Morgan fingerprint density at radius 1 is 1.15 bits per heavy atom. The maximum atomic E-state index is 11.8. The zero-order chi connectivity index (χ0) is 24.7. The summed E-state index contributed by atoms with van der Waals surface area (Å²) in [5, 5.41) is 24.9. The van der Waals surface area contributed by atoms with E-state index in [0.717, 1.165) is 25.7 Å². The monoisotopic (exact) mass is 542 g/mol. The van der Waals surface area contributed by atoms with Crippen LogP contribution in [-0.4, -0.2) is 76.7 Å². The van der Waals surface area contributed by atoms with E-state index in [0.29, 0.717) is 16.9 Å². The van der Waals surface area contributed by atoms with Gasteiger partial charge in [0.2, 0.25) is 5.28 Å². The van der Waals surface area contributed by atoms with Crippen LogP contribution in [0.25, 0.3) is 11.0 Å². The normalized spacial score (nSPS) is 27.9. The van der Waals surface area contributed by atoms with Crippen LogP contribution in [0.1, 0.15) is 31.9 Å². The number of hydrogen-bond donors (Lipinski definition) is 6. The second-order valence-corrected chi connectivity index (χ2v) is 11.5. The average molecular weight is 543 g/mol. The van der Waals surface area contributed by atoms with E-state index >= 15 is 0 Å². The second kappa shape index (κ2) is 10.1. The van der Waals surface area contributed by atoms with E-state index in [4.69, 9.17) is 26.1 Å². The SMILES string of the molecule is O=P(O)(O)COP(=O)(O)OCC1O[C@@H](n2ccc3c(NC4CCCC4)nc(Cl)nc32)[C@H](O)[C@@H]1O. The molecule has 2 aliphatic rings. The molecule has 0 bridgehead atoms. The molecule has 0 aromatic carbocycles. The van der Waals surface area contributed by atoms with E-state index in [2.05, 4.69) is 24.3 Å². The van der Waals surface area contributed by atoms with Gasteiger partial charge in [0.1, 0.15) is 29.8 Å². The van der Waals surface area contributed by atoms with Gasteiger partial charge in [0.05, 0.1) is 12.0 Å². The van der Waals surface area contributed by atoms with Gasteiger partial charge in [-0.25, -0.2) is 9.55 Å². The van der Waals surface area contributed by atoms with Crippen molar-refractivity contribution >= 4 is 43.9 Å². The number of nitrogens with one attached hydrogen (secondary N) is 1. The van der Waals surface area contributed by atoms with Crippen molar-refractivity contribution < 1.29 is 47.8 Å². The molecule has 0 amide bonds. The minimum atomic E-state index is -4.85. The highest BCUT2D eigenvalue weighted by Gasteiger charge is 2.45. The molecule has 14 nitrogen and oxygen atoms in total. The van der Waals surface area contributed by atoms with Crippen molar-refractivity contribution in [3.8, 4) is 0 Å². The van der Waals surface area contributed by atoms with Crippen LogP contribution in [0.3, 0.4) is 0 Å². The van der Waals surface area contributed by atoms with E-state index in [-0.39, 0.29) is 11.3 Å². The Labute approximate surface area is 198 Å². The minimum Gasteiger partial charge on any atom is -0.387 e. The lowest BCUT2D eigenvalue weighted by atomic mass is 10.1. The third-order valence-corrected chi connectivity index (χ3v) is 7.41. The molecule has 1 saturated heterocycles. The van der Waals surface area contributed by atoms with Crippen LogP contribution >= 0.6 is 27.0 Å². The third-order valence-electron chi connectivity index (χ3n) is 5.64. The summed E-state index contributed by atoms with van der Waals surface area (Å²) in [6.07, 6.45) is -0.859. The van der Waals surface area contributed by atoms with Crippen molar-refractivity contribution in [1.29, 1.82) is 0 Å². The van der Waals surface area contributed by atoms with Gasteiger partial charge in [-0.05, 0) is 30.5 Å². The molecule has 2 aromatic heterocycles. The molecule has 1 aliphatic heterocycles. The Bertz CT molecular complexity index is 1120. The Kier molecular flexibility index (Phi) is 7.68. The summed E-state index contributed by atoms with van der Waals surface area (Å²) in [7, 11) is -9.56. The Balaban J connectivity index is 1.49.